The number of amides is 2. The number of halogens is 3. The van der Waals surface area contributed by atoms with Gasteiger partial charge in [0.1, 0.15) is 11.6 Å². The lowest BCUT2D eigenvalue weighted by Crippen LogP contribution is -2.49. The van der Waals surface area contributed by atoms with Gasteiger partial charge in [-0.3, -0.25) is 9.69 Å². The maximum absolute atomic E-state index is 13.8. The number of nitrogens with zero attached hydrogens (tertiary/aromatic N) is 4. The number of likely N-dealkylation sites (tertiary alicyclic amines) is 1. The Morgan fingerprint density at radius 1 is 1.29 bits per heavy atom. The molecule has 1 aliphatic carbocycles. The molecule has 2 fully saturated rings. The van der Waals surface area contributed by atoms with Gasteiger partial charge in [-0.05, 0) is 37.5 Å². The van der Waals surface area contributed by atoms with Gasteiger partial charge in [-0.1, -0.05) is 0 Å². The van der Waals surface area contributed by atoms with Gasteiger partial charge in [0.25, 0.3) is 0 Å². The number of nitriles is 1. The lowest BCUT2D eigenvalue weighted by atomic mass is 10.2. The van der Waals surface area contributed by atoms with Crippen LogP contribution in [0, 0.1) is 11.3 Å². The molecule has 1 aromatic heterocycles. The summed E-state index contributed by atoms with van der Waals surface area (Å²) in [6, 6.07) is 3.13. The molecule has 1 aromatic carbocycles. The number of hydrogen-bond donors (Lipinski definition) is 2. The standard InChI is InChI=1S/C20H18F3N5O5S/c21-20(22,23)14-7-12(27-6-5-25-11-27)1-2-16(14)34(32,33)13-8-15(28(9-13)18(30)31)17(29)26-19(10-24)3-4-19/h1-2,5-7,11,13,15H,3-4,8-9H2,(H,26,29)(H,30,31)/t13-,15+/m1/s1. The number of imidazole rings is 1. The minimum absolute atomic E-state index is 0.0332. The third kappa shape index (κ3) is 4.18. The Bertz CT molecular complexity index is 1280. The van der Waals surface area contributed by atoms with Crippen LogP contribution in [-0.4, -0.2) is 63.4 Å². The predicted octanol–water partition coefficient (Wildman–Crippen LogP) is 1.96. The number of hydrogen-bond acceptors (Lipinski definition) is 6. The molecule has 0 radical (unpaired) electrons. The van der Waals surface area contributed by atoms with Crippen LogP contribution < -0.4 is 5.32 Å². The summed E-state index contributed by atoms with van der Waals surface area (Å²) in [4.78, 5) is 27.6. The van der Waals surface area contributed by atoms with E-state index in [1.54, 1.807) is 0 Å². The zero-order valence-electron chi connectivity index (χ0n) is 17.4. The zero-order valence-corrected chi connectivity index (χ0v) is 18.2. The summed E-state index contributed by atoms with van der Waals surface area (Å²) in [6.45, 7) is -0.685. The van der Waals surface area contributed by atoms with Crippen LogP contribution in [0.15, 0.2) is 41.8 Å². The number of sulfone groups is 1. The Morgan fingerprint density at radius 2 is 2.00 bits per heavy atom. The van der Waals surface area contributed by atoms with E-state index in [0.29, 0.717) is 23.8 Å². The highest BCUT2D eigenvalue weighted by Gasteiger charge is 2.51. The molecule has 4 rings (SSSR count). The van der Waals surface area contributed by atoms with Crippen LogP contribution in [-0.2, 0) is 20.8 Å². The van der Waals surface area contributed by atoms with Crippen molar-refractivity contribution < 1.29 is 36.3 Å². The van der Waals surface area contributed by atoms with Crippen LogP contribution in [0.3, 0.4) is 0 Å². The third-order valence-electron chi connectivity index (χ3n) is 5.95. The van der Waals surface area contributed by atoms with Gasteiger partial charge in [0.05, 0.1) is 28.1 Å². The largest absolute Gasteiger partial charge is 0.465 e. The fraction of sp³-hybridized carbons (Fsp3) is 0.400. The van der Waals surface area contributed by atoms with Crippen LogP contribution in [0.5, 0.6) is 0 Å². The van der Waals surface area contributed by atoms with Crippen LogP contribution in [0.1, 0.15) is 24.8 Å². The summed E-state index contributed by atoms with van der Waals surface area (Å²) in [7, 11) is -4.70. The summed E-state index contributed by atoms with van der Waals surface area (Å²) >= 11 is 0. The Morgan fingerprint density at radius 3 is 2.53 bits per heavy atom. The summed E-state index contributed by atoms with van der Waals surface area (Å²) in [5, 5.41) is 19.5. The molecule has 2 aromatic rings. The topological polar surface area (TPSA) is 145 Å². The van der Waals surface area contributed by atoms with Crippen molar-refractivity contribution in [3.8, 4) is 11.8 Å². The summed E-state index contributed by atoms with van der Waals surface area (Å²) in [5.74, 6) is -0.856. The molecule has 1 saturated heterocycles. The second-order valence-electron chi connectivity index (χ2n) is 8.18. The number of aromatic nitrogens is 2. The van der Waals surface area contributed by atoms with E-state index < -0.39 is 68.3 Å². The van der Waals surface area contributed by atoms with E-state index in [2.05, 4.69) is 10.3 Å². The van der Waals surface area contributed by atoms with Crippen molar-refractivity contribution in [2.24, 2.45) is 0 Å². The lowest BCUT2D eigenvalue weighted by Gasteiger charge is -2.21. The molecule has 1 saturated carbocycles. The second-order valence-corrected chi connectivity index (χ2v) is 10.4. The number of carbonyl (C=O) groups is 2. The van der Waals surface area contributed by atoms with E-state index in [4.69, 9.17) is 5.26 Å². The minimum atomic E-state index is -5.02. The minimum Gasteiger partial charge on any atom is -0.465 e. The van der Waals surface area contributed by atoms with Crippen LogP contribution in [0.2, 0.25) is 0 Å². The maximum atomic E-state index is 13.8. The first kappa shape index (κ1) is 23.6. The van der Waals surface area contributed by atoms with E-state index in [9.17, 15) is 36.3 Å². The Hall–Kier alpha value is -3.60. The highest BCUT2D eigenvalue weighted by Crippen LogP contribution is 2.39. The molecule has 10 nitrogen and oxygen atoms in total. The highest BCUT2D eigenvalue weighted by molar-refractivity contribution is 7.92. The SMILES string of the molecule is N#CC1(NC(=O)[C@@H]2C[C@@H](S(=O)(=O)c3ccc(-n4ccnc4)cc3C(F)(F)F)CN2C(=O)O)CC1. The smallest absolute Gasteiger partial charge is 0.417 e. The maximum Gasteiger partial charge on any atom is 0.417 e. The van der Waals surface area contributed by atoms with Crippen molar-refractivity contribution in [3.63, 3.8) is 0 Å². The molecular formula is C20H18F3N5O5S. The van der Waals surface area contributed by atoms with Gasteiger partial charge in [0.15, 0.2) is 9.84 Å². The van der Waals surface area contributed by atoms with E-state index >= 15 is 0 Å². The third-order valence-corrected chi connectivity index (χ3v) is 8.14. The Labute approximate surface area is 191 Å². The molecular weight excluding hydrogens is 479 g/mol. The highest BCUT2D eigenvalue weighted by atomic mass is 32.2. The van der Waals surface area contributed by atoms with Gasteiger partial charge in [-0.2, -0.15) is 18.4 Å². The van der Waals surface area contributed by atoms with Gasteiger partial charge >= 0.3 is 12.3 Å². The molecule has 0 spiro atoms. The first-order valence-electron chi connectivity index (χ1n) is 10.0. The molecule has 2 aliphatic rings. The van der Waals surface area contributed by atoms with E-state index in [1.165, 1.54) is 29.4 Å². The number of nitrogens with one attached hydrogen (secondary N) is 1. The van der Waals surface area contributed by atoms with Crippen molar-refractivity contribution in [1.82, 2.24) is 19.8 Å². The first-order chi connectivity index (χ1) is 15.9. The average Bonchev–Trinajstić information content (AvgIpc) is 3.19. The fourth-order valence-corrected chi connectivity index (χ4v) is 5.82. The number of carboxylic acid groups (broad SMARTS) is 1. The van der Waals surface area contributed by atoms with E-state index in [-0.39, 0.29) is 5.69 Å². The molecule has 0 bridgehead atoms. The van der Waals surface area contributed by atoms with Gasteiger partial charge in [-0.25, -0.2) is 18.2 Å². The predicted molar refractivity (Wildman–Crippen MR) is 108 cm³/mol. The summed E-state index contributed by atoms with van der Waals surface area (Å²) in [6.07, 6.45) is -2.42. The number of benzene rings is 1. The number of rotatable bonds is 5. The molecule has 2 atom stereocenters. The molecule has 180 valence electrons. The van der Waals surface area contributed by atoms with E-state index in [1.807, 2.05) is 6.07 Å². The molecule has 34 heavy (non-hydrogen) atoms. The molecule has 1 aliphatic heterocycles. The van der Waals surface area contributed by atoms with Crippen molar-refractivity contribution in [3.05, 3.63) is 42.5 Å². The normalized spacial score (nSPS) is 21.6. The average molecular weight is 497 g/mol. The Balaban J connectivity index is 1.68. The molecule has 2 amide bonds. The summed E-state index contributed by atoms with van der Waals surface area (Å²) < 4.78 is 69.3. The zero-order chi connectivity index (χ0) is 24.9. The Kier molecular flexibility index (Phi) is 5.55. The quantitative estimate of drug-likeness (QED) is 0.642. The van der Waals surface area contributed by atoms with Gasteiger partial charge in [0.2, 0.25) is 5.91 Å². The van der Waals surface area contributed by atoms with Gasteiger partial charge in [-0.15, -0.1) is 0 Å². The lowest BCUT2D eigenvalue weighted by molar-refractivity contribution is -0.139. The molecule has 0 unspecified atom stereocenters. The number of alkyl halides is 3. The molecule has 2 N–H and O–H groups in total. The molecule has 2 heterocycles. The fourth-order valence-electron chi connectivity index (χ4n) is 3.93. The van der Waals surface area contributed by atoms with Crippen molar-refractivity contribution in [2.75, 3.05) is 6.54 Å². The van der Waals surface area contributed by atoms with Gasteiger partial charge in [0, 0.05) is 24.6 Å². The summed E-state index contributed by atoms with van der Waals surface area (Å²) in [5.41, 5.74) is -2.49. The van der Waals surface area contributed by atoms with Crippen LogP contribution in [0.25, 0.3) is 5.69 Å². The van der Waals surface area contributed by atoms with Crippen LogP contribution >= 0.6 is 0 Å². The van der Waals surface area contributed by atoms with Crippen molar-refractivity contribution >= 4 is 21.8 Å². The molecule has 14 heteroatoms. The second kappa shape index (κ2) is 8.01. The van der Waals surface area contributed by atoms with Crippen molar-refractivity contribution in [1.29, 1.82) is 5.26 Å². The monoisotopic (exact) mass is 497 g/mol. The number of carbonyl (C=O) groups excluding carboxylic acids is 1. The first-order valence-corrected chi connectivity index (χ1v) is 11.6. The van der Waals surface area contributed by atoms with Gasteiger partial charge < -0.3 is 15.0 Å². The van der Waals surface area contributed by atoms with Crippen LogP contribution in [0.4, 0.5) is 18.0 Å². The van der Waals surface area contributed by atoms with Crippen molar-refractivity contribution in [2.45, 2.75) is 47.2 Å². The van der Waals surface area contributed by atoms with E-state index in [0.717, 1.165) is 6.07 Å².